The van der Waals surface area contributed by atoms with E-state index < -0.39 is 12.0 Å². The molecule has 2 saturated carbocycles. The zero-order valence-electron chi connectivity index (χ0n) is 18.7. The van der Waals surface area contributed by atoms with Crippen LogP contribution in [0.15, 0.2) is 24.7 Å². The van der Waals surface area contributed by atoms with Crippen LogP contribution in [-0.4, -0.2) is 35.0 Å². The van der Waals surface area contributed by atoms with Gasteiger partial charge in [0.25, 0.3) is 5.91 Å². The molecule has 168 valence electrons. The van der Waals surface area contributed by atoms with Gasteiger partial charge in [-0.05, 0) is 60.8 Å². The van der Waals surface area contributed by atoms with Crippen LogP contribution in [0.25, 0.3) is 0 Å². The van der Waals surface area contributed by atoms with Crippen LogP contribution in [0.2, 0.25) is 0 Å². The number of terminal acetylenes is 1. The molecule has 1 heterocycles. The van der Waals surface area contributed by atoms with Gasteiger partial charge in [-0.1, -0.05) is 31.6 Å². The van der Waals surface area contributed by atoms with Crippen molar-refractivity contribution in [2.45, 2.75) is 75.7 Å². The zero-order chi connectivity index (χ0) is 22.5. The second-order valence-corrected chi connectivity index (χ2v) is 8.97. The summed E-state index contributed by atoms with van der Waals surface area (Å²) in [5.74, 6) is 3.00. The maximum Gasteiger partial charge on any atom is 0.328 e. The standard InChI is InChI=1S/C26H31N3O3/c1-3-21-22(17-8-4-5-9-17)12-19(13-23(21)18-10-6-7-11-18)25(30)29-24(26(31)32-2)14-20-15-27-16-28-20/h1,12-13,15-18,24H,4-11,14H2,2H3,(H,27,28)(H,29,30)/t24-/m1/s1. The number of imidazole rings is 1. The molecule has 0 radical (unpaired) electrons. The number of hydrogen-bond donors (Lipinski definition) is 2. The summed E-state index contributed by atoms with van der Waals surface area (Å²) in [6, 6.07) is 3.12. The Labute approximate surface area is 189 Å². The molecular formula is C26H31N3O3. The maximum absolute atomic E-state index is 13.3. The van der Waals surface area contributed by atoms with Crippen LogP contribution in [-0.2, 0) is 16.0 Å². The summed E-state index contributed by atoms with van der Waals surface area (Å²) >= 11 is 0. The molecule has 1 aromatic carbocycles. The van der Waals surface area contributed by atoms with E-state index in [0.717, 1.165) is 48.1 Å². The van der Waals surface area contributed by atoms with Gasteiger partial charge in [0.15, 0.2) is 0 Å². The molecule has 2 aliphatic rings. The first-order valence-corrected chi connectivity index (χ1v) is 11.6. The number of nitrogens with one attached hydrogen (secondary N) is 2. The third kappa shape index (κ3) is 4.72. The van der Waals surface area contributed by atoms with E-state index >= 15 is 0 Å². The van der Waals surface area contributed by atoms with Crippen molar-refractivity contribution in [3.05, 3.63) is 52.6 Å². The third-order valence-corrected chi connectivity index (χ3v) is 6.97. The molecule has 0 spiro atoms. The molecule has 1 atom stereocenters. The summed E-state index contributed by atoms with van der Waals surface area (Å²) in [4.78, 5) is 32.7. The first-order chi connectivity index (χ1) is 15.6. The fourth-order valence-electron chi connectivity index (χ4n) is 5.30. The van der Waals surface area contributed by atoms with Gasteiger partial charge in [0, 0.05) is 29.4 Å². The quantitative estimate of drug-likeness (QED) is 0.506. The van der Waals surface area contributed by atoms with E-state index in [1.807, 2.05) is 12.1 Å². The van der Waals surface area contributed by atoms with Crippen LogP contribution in [0.5, 0.6) is 0 Å². The number of carbonyl (C=O) groups excluding carboxylic acids is 2. The summed E-state index contributed by atoms with van der Waals surface area (Å²) in [7, 11) is 1.33. The Kier molecular flexibility index (Phi) is 6.94. The summed E-state index contributed by atoms with van der Waals surface area (Å²) in [6.45, 7) is 0. The van der Waals surface area contributed by atoms with Gasteiger partial charge in [-0.2, -0.15) is 0 Å². The second kappa shape index (κ2) is 10.0. The maximum atomic E-state index is 13.3. The van der Waals surface area contributed by atoms with Gasteiger partial charge in [-0.25, -0.2) is 9.78 Å². The number of aromatic nitrogens is 2. The Morgan fingerprint density at radius 2 is 1.75 bits per heavy atom. The number of aromatic amines is 1. The van der Waals surface area contributed by atoms with E-state index in [9.17, 15) is 9.59 Å². The highest BCUT2D eigenvalue weighted by molar-refractivity contribution is 5.97. The molecule has 2 N–H and O–H groups in total. The number of ether oxygens (including phenoxy) is 1. The zero-order valence-corrected chi connectivity index (χ0v) is 18.7. The highest BCUT2D eigenvalue weighted by Gasteiger charge is 2.29. The Morgan fingerprint density at radius 3 is 2.22 bits per heavy atom. The fraction of sp³-hybridized carbons (Fsp3) is 0.500. The van der Waals surface area contributed by atoms with E-state index in [0.29, 0.717) is 17.4 Å². The number of amides is 1. The van der Waals surface area contributed by atoms with Gasteiger partial charge in [0.2, 0.25) is 0 Å². The Morgan fingerprint density at radius 1 is 1.16 bits per heavy atom. The van der Waals surface area contributed by atoms with Crippen molar-refractivity contribution >= 4 is 11.9 Å². The molecular weight excluding hydrogens is 402 g/mol. The first-order valence-electron chi connectivity index (χ1n) is 11.6. The Hall–Kier alpha value is -3.07. The summed E-state index contributed by atoms with van der Waals surface area (Å²) in [6.07, 6.45) is 18.7. The predicted molar refractivity (Wildman–Crippen MR) is 122 cm³/mol. The van der Waals surface area contributed by atoms with Crippen molar-refractivity contribution in [2.24, 2.45) is 0 Å². The van der Waals surface area contributed by atoms with Crippen LogP contribution in [0.1, 0.15) is 95.9 Å². The fourth-order valence-corrected chi connectivity index (χ4v) is 5.30. The van der Waals surface area contributed by atoms with Gasteiger partial charge in [-0.15, -0.1) is 6.42 Å². The molecule has 2 fully saturated rings. The number of hydrogen-bond acceptors (Lipinski definition) is 4. The van der Waals surface area contributed by atoms with E-state index in [-0.39, 0.29) is 12.3 Å². The van der Waals surface area contributed by atoms with Gasteiger partial charge >= 0.3 is 5.97 Å². The topological polar surface area (TPSA) is 84.1 Å². The molecule has 4 rings (SSSR count). The number of carbonyl (C=O) groups is 2. The smallest absolute Gasteiger partial charge is 0.328 e. The molecule has 2 aromatic rings. The van der Waals surface area contributed by atoms with Crippen molar-refractivity contribution in [1.82, 2.24) is 15.3 Å². The lowest BCUT2D eigenvalue weighted by Crippen LogP contribution is -2.43. The van der Waals surface area contributed by atoms with Crippen molar-refractivity contribution in [1.29, 1.82) is 0 Å². The number of nitrogens with zero attached hydrogens (tertiary/aromatic N) is 1. The van der Waals surface area contributed by atoms with Crippen molar-refractivity contribution in [2.75, 3.05) is 7.11 Å². The van der Waals surface area contributed by atoms with E-state index in [2.05, 4.69) is 21.2 Å². The van der Waals surface area contributed by atoms with Gasteiger partial charge in [0.05, 0.1) is 13.4 Å². The van der Waals surface area contributed by atoms with E-state index in [4.69, 9.17) is 11.2 Å². The molecule has 0 saturated heterocycles. The molecule has 0 unspecified atom stereocenters. The highest BCUT2D eigenvalue weighted by Crippen LogP contribution is 2.42. The number of benzene rings is 1. The number of rotatable bonds is 7. The minimum absolute atomic E-state index is 0.276. The molecule has 1 aromatic heterocycles. The largest absolute Gasteiger partial charge is 0.467 e. The summed E-state index contributed by atoms with van der Waals surface area (Å²) < 4.78 is 4.93. The normalized spacial score (nSPS) is 17.8. The van der Waals surface area contributed by atoms with Crippen molar-refractivity contribution in [3.63, 3.8) is 0 Å². The molecule has 6 nitrogen and oxygen atoms in total. The SMILES string of the molecule is C#Cc1c(C2CCCC2)cc(C(=O)N[C@H](Cc2cnc[nH]2)C(=O)OC)cc1C1CCCC1. The van der Waals surface area contributed by atoms with Gasteiger partial charge in [-0.3, -0.25) is 4.79 Å². The van der Waals surface area contributed by atoms with Gasteiger partial charge < -0.3 is 15.0 Å². The van der Waals surface area contributed by atoms with E-state index in [1.54, 1.807) is 12.5 Å². The number of H-pyrrole nitrogens is 1. The lowest BCUT2D eigenvalue weighted by atomic mass is 9.83. The number of esters is 1. The minimum atomic E-state index is -0.801. The predicted octanol–water partition coefficient (Wildman–Crippen LogP) is 4.22. The monoisotopic (exact) mass is 433 g/mol. The molecule has 2 aliphatic carbocycles. The van der Waals surface area contributed by atoms with Gasteiger partial charge in [0.1, 0.15) is 6.04 Å². The molecule has 1 amide bonds. The average molecular weight is 434 g/mol. The highest BCUT2D eigenvalue weighted by atomic mass is 16.5. The van der Waals surface area contributed by atoms with Crippen molar-refractivity contribution < 1.29 is 14.3 Å². The third-order valence-electron chi connectivity index (χ3n) is 6.97. The summed E-state index contributed by atoms with van der Waals surface area (Å²) in [5.41, 5.74) is 4.57. The molecule has 32 heavy (non-hydrogen) atoms. The second-order valence-electron chi connectivity index (χ2n) is 8.97. The van der Waals surface area contributed by atoms with E-state index in [1.165, 1.54) is 32.8 Å². The number of methoxy groups -OCH3 is 1. The summed E-state index contributed by atoms with van der Waals surface area (Å²) in [5, 5.41) is 2.88. The molecule has 0 aliphatic heterocycles. The minimum Gasteiger partial charge on any atom is -0.467 e. The van der Waals surface area contributed by atoms with Crippen LogP contribution >= 0.6 is 0 Å². The average Bonchev–Trinajstić information content (AvgIpc) is 3.60. The molecule has 0 bridgehead atoms. The Balaban J connectivity index is 1.67. The first kappa shape index (κ1) is 22.1. The van der Waals surface area contributed by atoms with Crippen LogP contribution in [0.3, 0.4) is 0 Å². The van der Waals surface area contributed by atoms with Crippen LogP contribution in [0, 0.1) is 12.3 Å². The van der Waals surface area contributed by atoms with Crippen molar-refractivity contribution in [3.8, 4) is 12.3 Å². The van der Waals surface area contributed by atoms with Crippen LogP contribution in [0.4, 0.5) is 0 Å². The lowest BCUT2D eigenvalue weighted by molar-refractivity contribution is -0.142. The molecule has 6 heteroatoms. The van der Waals surface area contributed by atoms with Crippen LogP contribution < -0.4 is 5.32 Å². The Bertz CT molecular complexity index is 957. The lowest BCUT2D eigenvalue weighted by Gasteiger charge is -2.22.